The van der Waals surface area contributed by atoms with E-state index in [4.69, 9.17) is 5.41 Å². The van der Waals surface area contributed by atoms with Crippen LogP contribution < -0.4 is 0 Å². The summed E-state index contributed by atoms with van der Waals surface area (Å²) in [7, 11) is 0. The largest absolute Gasteiger partial charge is 0.511 e. The zero-order valence-corrected chi connectivity index (χ0v) is 13.0. The molecule has 0 fully saturated rings. The predicted molar refractivity (Wildman–Crippen MR) is 91.1 cm³/mol. The Morgan fingerprint density at radius 2 is 1.70 bits per heavy atom. The van der Waals surface area contributed by atoms with Crippen LogP contribution in [0.5, 0.6) is 0 Å². The first-order chi connectivity index (χ1) is 11.1. The van der Waals surface area contributed by atoms with E-state index < -0.39 is 0 Å². The van der Waals surface area contributed by atoms with Gasteiger partial charge in [0, 0.05) is 18.4 Å². The Kier molecular flexibility index (Phi) is 4.11. The van der Waals surface area contributed by atoms with Crippen LogP contribution in [0.15, 0.2) is 65.9 Å². The second-order valence-corrected chi connectivity index (χ2v) is 5.95. The van der Waals surface area contributed by atoms with Crippen LogP contribution in [0.1, 0.15) is 35.4 Å². The van der Waals surface area contributed by atoms with Crippen LogP contribution >= 0.6 is 0 Å². The number of Topliss-reactive ketones (excluding diaryl/α,β-unsaturated/α-hetero) is 1. The van der Waals surface area contributed by atoms with Crippen LogP contribution in [0.2, 0.25) is 0 Å². The van der Waals surface area contributed by atoms with Crippen molar-refractivity contribution in [2.75, 3.05) is 0 Å². The van der Waals surface area contributed by atoms with Crippen LogP contribution in [0, 0.1) is 12.3 Å². The minimum Gasteiger partial charge on any atom is -0.511 e. The zero-order valence-electron chi connectivity index (χ0n) is 13.0. The molecule has 1 atom stereocenters. The smallest absolute Gasteiger partial charge is 0.169 e. The first-order valence-electron chi connectivity index (χ1n) is 7.73. The molecule has 0 aliphatic heterocycles. The Balaban J connectivity index is 1.93. The molecule has 2 N–H and O–H groups in total. The maximum Gasteiger partial charge on any atom is 0.169 e. The number of carbonyl (C=O) groups is 1. The Morgan fingerprint density at radius 3 is 2.35 bits per heavy atom. The van der Waals surface area contributed by atoms with Crippen molar-refractivity contribution in [1.82, 2.24) is 0 Å². The van der Waals surface area contributed by atoms with Crippen LogP contribution in [0.25, 0.3) is 0 Å². The van der Waals surface area contributed by atoms with Gasteiger partial charge in [0.15, 0.2) is 5.78 Å². The van der Waals surface area contributed by atoms with Gasteiger partial charge in [-0.25, -0.2) is 0 Å². The van der Waals surface area contributed by atoms with Gasteiger partial charge in [0.25, 0.3) is 0 Å². The summed E-state index contributed by atoms with van der Waals surface area (Å²) in [6.07, 6.45) is 0.733. The van der Waals surface area contributed by atoms with Crippen LogP contribution in [0.4, 0.5) is 0 Å². The van der Waals surface area contributed by atoms with Crippen molar-refractivity contribution in [1.29, 1.82) is 5.41 Å². The maximum absolute atomic E-state index is 12.6. The van der Waals surface area contributed by atoms with Crippen LogP contribution in [0.3, 0.4) is 0 Å². The number of allylic oxidation sites excluding steroid dienone is 2. The summed E-state index contributed by atoms with van der Waals surface area (Å²) in [5.41, 5.74) is 2.97. The Bertz CT molecular complexity index is 790. The molecule has 0 saturated carbocycles. The average Bonchev–Trinajstić information content (AvgIpc) is 2.55. The van der Waals surface area contributed by atoms with Gasteiger partial charge < -0.3 is 5.11 Å². The molecule has 0 heterocycles. The van der Waals surface area contributed by atoms with Crippen molar-refractivity contribution in [2.24, 2.45) is 0 Å². The van der Waals surface area contributed by atoms with Crippen LogP contribution in [-0.4, -0.2) is 16.6 Å². The van der Waals surface area contributed by atoms with Gasteiger partial charge in [-0.15, -0.1) is 0 Å². The third-order valence-electron chi connectivity index (χ3n) is 4.37. The predicted octanol–water partition coefficient (Wildman–Crippen LogP) is 4.32. The van der Waals surface area contributed by atoms with E-state index in [1.807, 2.05) is 61.5 Å². The molecule has 2 aromatic carbocycles. The maximum atomic E-state index is 12.6. The molecule has 1 aliphatic rings. The highest BCUT2D eigenvalue weighted by Crippen LogP contribution is 2.34. The molecule has 23 heavy (non-hydrogen) atoms. The molecule has 0 aromatic heterocycles. The summed E-state index contributed by atoms with van der Waals surface area (Å²) in [5, 5.41) is 18.8. The first kappa shape index (κ1) is 15.2. The number of hydrogen-bond acceptors (Lipinski definition) is 3. The number of ketones is 1. The first-order valence-corrected chi connectivity index (χ1v) is 7.73. The molecule has 1 aliphatic carbocycles. The van der Waals surface area contributed by atoms with Gasteiger partial charge in [0.2, 0.25) is 0 Å². The summed E-state index contributed by atoms with van der Waals surface area (Å²) in [5.74, 6) is -0.142. The lowest BCUT2D eigenvalue weighted by molar-refractivity contribution is -0.116. The highest BCUT2D eigenvalue weighted by atomic mass is 16.3. The van der Waals surface area contributed by atoms with Gasteiger partial charge in [0.05, 0.1) is 11.3 Å². The number of aryl methyl sites for hydroxylation is 1. The summed E-state index contributed by atoms with van der Waals surface area (Å²) < 4.78 is 0. The van der Waals surface area contributed by atoms with Crippen molar-refractivity contribution < 1.29 is 9.90 Å². The third-order valence-corrected chi connectivity index (χ3v) is 4.37. The van der Waals surface area contributed by atoms with Crippen molar-refractivity contribution in [3.63, 3.8) is 0 Å². The number of nitrogens with one attached hydrogen (secondary N) is 1. The quantitative estimate of drug-likeness (QED) is 0.829. The molecule has 3 nitrogen and oxygen atoms in total. The van der Waals surface area contributed by atoms with E-state index in [9.17, 15) is 9.90 Å². The molecule has 3 rings (SSSR count). The average molecular weight is 305 g/mol. The number of aliphatic hydroxyl groups excluding tert-OH is 1. The number of rotatable bonds is 3. The van der Waals surface area contributed by atoms with Crippen molar-refractivity contribution in [2.45, 2.75) is 25.7 Å². The standard InChI is InChI=1S/C20H19NO2/c1-13-7-5-6-10-16(13)20(21)19-17(22)11-15(12-18(19)23)14-8-3-2-4-9-14/h2-10,15,21-22H,11-12H2,1H3. The van der Waals surface area contributed by atoms with E-state index in [-0.39, 0.29) is 28.7 Å². The molecule has 0 spiro atoms. The van der Waals surface area contributed by atoms with Gasteiger partial charge in [0.1, 0.15) is 5.76 Å². The zero-order chi connectivity index (χ0) is 16.4. The number of aliphatic hydroxyl groups is 1. The highest BCUT2D eigenvalue weighted by molar-refractivity contribution is 6.28. The van der Waals surface area contributed by atoms with Crippen molar-refractivity contribution in [3.05, 3.63) is 82.6 Å². The van der Waals surface area contributed by atoms with E-state index in [0.717, 1.165) is 11.1 Å². The number of benzene rings is 2. The Morgan fingerprint density at radius 1 is 1.04 bits per heavy atom. The summed E-state index contributed by atoms with van der Waals surface area (Å²) >= 11 is 0. The van der Waals surface area contributed by atoms with E-state index >= 15 is 0 Å². The lowest BCUT2D eigenvalue weighted by Gasteiger charge is -2.24. The van der Waals surface area contributed by atoms with Gasteiger partial charge in [-0.05, 0) is 24.0 Å². The summed E-state index contributed by atoms with van der Waals surface area (Å²) in [6, 6.07) is 17.2. The monoisotopic (exact) mass is 305 g/mol. The Hall–Kier alpha value is -2.68. The van der Waals surface area contributed by atoms with E-state index in [1.54, 1.807) is 0 Å². The van der Waals surface area contributed by atoms with Gasteiger partial charge in [-0.1, -0.05) is 54.6 Å². The normalized spacial score (nSPS) is 18.1. The van der Waals surface area contributed by atoms with E-state index in [1.165, 1.54) is 0 Å². The molecule has 0 saturated heterocycles. The third kappa shape index (κ3) is 2.95. The molecule has 2 aromatic rings. The fraction of sp³-hybridized carbons (Fsp3) is 0.200. The van der Waals surface area contributed by atoms with Gasteiger partial charge in [-0.3, -0.25) is 10.2 Å². The molecule has 0 bridgehead atoms. The lowest BCUT2D eigenvalue weighted by Crippen LogP contribution is -2.24. The molecule has 0 radical (unpaired) electrons. The molecule has 0 amide bonds. The van der Waals surface area contributed by atoms with Crippen molar-refractivity contribution >= 4 is 11.5 Å². The van der Waals surface area contributed by atoms with Crippen LogP contribution in [-0.2, 0) is 4.79 Å². The molecular formula is C20H19NO2. The number of carbonyl (C=O) groups excluding carboxylic acids is 1. The molecule has 3 heteroatoms. The Labute approximate surface area is 135 Å². The minimum absolute atomic E-state index is 0.0166. The summed E-state index contributed by atoms with van der Waals surface area (Å²) in [6.45, 7) is 1.90. The highest BCUT2D eigenvalue weighted by Gasteiger charge is 2.31. The summed E-state index contributed by atoms with van der Waals surface area (Å²) in [4.78, 5) is 12.6. The van der Waals surface area contributed by atoms with Crippen molar-refractivity contribution in [3.8, 4) is 0 Å². The molecule has 116 valence electrons. The molecule has 1 unspecified atom stereocenters. The van der Waals surface area contributed by atoms with Gasteiger partial charge >= 0.3 is 0 Å². The SMILES string of the molecule is Cc1ccccc1C(=N)C1=C(O)CC(c2ccccc2)CC1=O. The van der Waals surface area contributed by atoms with E-state index in [2.05, 4.69) is 0 Å². The topological polar surface area (TPSA) is 61.1 Å². The second kappa shape index (κ2) is 6.21. The van der Waals surface area contributed by atoms with Gasteiger partial charge in [-0.2, -0.15) is 0 Å². The van der Waals surface area contributed by atoms with E-state index in [0.29, 0.717) is 18.4 Å². The fourth-order valence-electron chi connectivity index (χ4n) is 3.13. The molecular weight excluding hydrogens is 286 g/mol. The lowest BCUT2D eigenvalue weighted by atomic mass is 9.80. The second-order valence-electron chi connectivity index (χ2n) is 5.95. The fourth-order valence-corrected chi connectivity index (χ4v) is 3.13. The number of hydrogen-bond donors (Lipinski definition) is 2. The minimum atomic E-state index is -0.157.